The second kappa shape index (κ2) is 9.14. The van der Waals surface area contributed by atoms with Gasteiger partial charge in [-0.1, -0.05) is 12.1 Å². The predicted octanol–water partition coefficient (Wildman–Crippen LogP) is 3.07. The van der Waals surface area contributed by atoms with Crippen LogP contribution in [0, 0.1) is 5.92 Å². The molecule has 1 aliphatic heterocycles. The smallest absolute Gasteiger partial charge is 0.355 e. The monoisotopic (exact) mass is 392 g/mol. The van der Waals surface area contributed by atoms with Gasteiger partial charge in [0.15, 0.2) is 0 Å². The lowest BCUT2D eigenvalue weighted by molar-refractivity contribution is -0.141. The van der Waals surface area contributed by atoms with Crippen LogP contribution in [0.3, 0.4) is 0 Å². The summed E-state index contributed by atoms with van der Waals surface area (Å²) >= 11 is 0. The van der Waals surface area contributed by atoms with Crippen LogP contribution in [0.5, 0.6) is 0 Å². The van der Waals surface area contributed by atoms with Crippen molar-refractivity contribution in [2.24, 2.45) is 5.92 Å². The minimum absolute atomic E-state index is 0.0305. The van der Waals surface area contributed by atoms with Gasteiger partial charge in [-0.15, -0.1) is 0 Å². The Morgan fingerprint density at radius 3 is 2.75 bits per heavy atom. The maximum atomic E-state index is 12.6. The summed E-state index contributed by atoms with van der Waals surface area (Å²) < 4.78 is 37.8. The van der Waals surface area contributed by atoms with Crippen molar-refractivity contribution in [3.63, 3.8) is 0 Å². The Labute approximate surface area is 162 Å². The lowest BCUT2D eigenvalue weighted by Crippen LogP contribution is -2.40. The van der Waals surface area contributed by atoms with Crippen LogP contribution in [-0.2, 0) is 23.9 Å². The Kier molecular flexibility index (Phi) is 6.61. The van der Waals surface area contributed by atoms with Crippen LogP contribution in [0.15, 0.2) is 42.9 Å². The third-order valence-electron chi connectivity index (χ3n) is 4.80. The molecule has 5 nitrogen and oxygen atoms in total. The molecule has 0 saturated carbocycles. The van der Waals surface area contributed by atoms with E-state index in [4.69, 9.17) is 0 Å². The highest BCUT2D eigenvalue weighted by Crippen LogP contribution is 2.27. The van der Waals surface area contributed by atoms with Crippen LogP contribution in [0.2, 0.25) is 0 Å². The average Bonchev–Trinajstić information content (AvgIpc) is 2.67. The van der Waals surface area contributed by atoms with Crippen molar-refractivity contribution in [3.8, 4) is 0 Å². The molecule has 0 aromatic carbocycles. The highest BCUT2D eigenvalue weighted by atomic mass is 19.4. The van der Waals surface area contributed by atoms with E-state index in [-0.39, 0.29) is 5.91 Å². The van der Waals surface area contributed by atoms with E-state index in [0.717, 1.165) is 43.1 Å². The number of alkyl halides is 3. The van der Waals surface area contributed by atoms with Crippen molar-refractivity contribution < 1.29 is 18.0 Å². The van der Waals surface area contributed by atoms with Gasteiger partial charge < -0.3 is 5.32 Å². The van der Waals surface area contributed by atoms with Gasteiger partial charge in [0.05, 0.1) is 6.42 Å². The Balaban J connectivity index is 1.45. The van der Waals surface area contributed by atoms with Gasteiger partial charge in [-0.05, 0) is 48.6 Å². The zero-order valence-corrected chi connectivity index (χ0v) is 15.5. The van der Waals surface area contributed by atoms with Crippen LogP contribution < -0.4 is 5.32 Å². The number of piperidine rings is 1. The minimum Gasteiger partial charge on any atom is -0.355 e. The van der Waals surface area contributed by atoms with E-state index < -0.39 is 11.9 Å². The summed E-state index contributed by atoms with van der Waals surface area (Å²) in [6.07, 6.45) is 2.56. The molecule has 1 amide bonds. The van der Waals surface area contributed by atoms with Crippen LogP contribution in [-0.4, -0.2) is 40.4 Å². The second-order valence-corrected chi connectivity index (χ2v) is 7.13. The number of rotatable bonds is 6. The highest BCUT2D eigenvalue weighted by Gasteiger charge is 2.32. The molecule has 3 heterocycles. The van der Waals surface area contributed by atoms with Crippen LogP contribution in [0.1, 0.15) is 29.7 Å². The summed E-state index contributed by atoms with van der Waals surface area (Å²) in [4.78, 5) is 21.8. The number of hydrogen-bond acceptors (Lipinski definition) is 4. The Morgan fingerprint density at radius 2 is 2.07 bits per heavy atom. The number of amides is 1. The van der Waals surface area contributed by atoms with E-state index in [0.29, 0.717) is 25.4 Å². The SMILES string of the molecule is O=C(Cc1cccnc1)NCC1CCCN(Cc2ccc(C(F)(F)F)nc2)C1. The molecule has 1 fully saturated rings. The van der Waals surface area contributed by atoms with Crippen LogP contribution in [0.4, 0.5) is 13.2 Å². The van der Waals surface area contributed by atoms with E-state index in [1.54, 1.807) is 18.5 Å². The fraction of sp³-hybridized carbons (Fsp3) is 0.450. The number of nitrogens with zero attached hydrogens (tertiary/aromatic N) is 3. The van der Waals surface area contributed by atoms with Gasteiger partial charge in [0.25, 0.3) is 0 Å². The molecule has 1 saturated heterocycles. The van der Waals surface area contributed by atoms with Crippen molar-refractivity contribution in [2.45, 2.75) is 32.0 Å². The molecule has 1 aliphatic rings. The number of likely N-dealkylation sites (tertiary alicyclic amines) is 1. The molecule has 0 bridgehead atoms. The van der Waals surface area contributed by atoms with Gasteiger partial charge >= 0.3 is 6.18 Å². The summed E-state index contributed by atoms with van der Waals surface area (Å²) in [7, 11) is 0. The van der Waals surface area contributed by atoms with Gasteiger partial charge in [-0.2, -0.15) is 13.2 Å². The lowest BCUT2D eigenvalue weighted by atomic mass is 9.97. The van der Waals surface area contributed by atoms with E-state index in [9.17, 15) is 18.0 Å². The van der Waals surface area contributed by atoms with E-state index in [1.807, 2.05) is 6.07 Å². The summed E-state index contributed by atoms with van der Waals surface area (Å²) in [5.41, 5.74) is 0.762. The molecule has 8 heteroatoms. The van der Waals surface area contributed by atoms with Gasteiger partial charge in [0.2, 0.25) is 5.91 Å². The number of nitrogens with one attached hydrogen (secondary N) is 1. The summed E-state index contributed by atoms with van der Waals surface area (Å²) in [5, 5.41) is 2.98. The summed E-state index contributed by atoms with van der Waals surface area (Å²) in [6.45, 7) is 2.85. The molecule has 2 aromatic heterocycles. The van der Waals surface area contributed by atoms with E-state index >= 15 is 0 Å². The van der Waals surface area contributed by atoms with Gasteiger partial charge in [0, 0.05) is 38.2 Å². The topological polar surface area (TPSA) is 58.1 Å². The van der Waals surface area contributed by atoms with Crippen molar-refractivity contribution >= 4 is 5.91 Å². The molecular weight excluding hydrogens is 369 g/mol. The molecule has 0 aliphatic carbocycles. The lowest BCUT2D eigenvalue weighted by Gasteiger charge is -2.32. The molecular formula is C20H23F3N4O. The first-order valence-corrected chi connectivity index (χ1v) is 9.30. The number of carbonyl (C=O) groups excluding carboxylic acids is 1. The number of pyridine rings is 2. The first-order valence-electron chi connectivity index (χ1n) is 9.30. The Hall–Kier alpha value is -2.48. The number of halogens is 3. The van der Waals surface area contributed by atoms with Crippen molar-refractivity contribution in [1.82, 2.24) is 20.2 Å². The Bertz CT molecular complexity index is 765. The number of hydrogen-bond donors (Lipinski definition) is 1. The van der Waals surface area contributed by atoms with Crippen molar-refractivity contribution in [1.29, 1.82) is 0 Å². The normalized spacial score (nSPS) is 18.0. The van der Waals surface area contributed by atoms with Gasteiger partial charge in [-0.3, -0.25) is 19.7 Å². The molecule has 150 valence electrons. The molecule has 28 heavy (non-hydrogen) atoms. The standard InChI is InChI=1S/C20H23F3N4O/c21-20(22,23)18-6-5-17(11-25-18)14-27-8-2-4-16(13-27)12-26-19(28)9-15-3-1-7-24-10-15/h1,3,5-7,10-11,16H,2,4,8-9,12-14H2,(H,26,28). The fourth-order valence-corrected chi connectivity index (χ4v) is 3.41. The summed E-state index contributed by atoms with van der Waals surface area (Å²) in [6, 6.07) is 6.18. The van der Waals surface area contributed by atoms with Gasteiger partial charge in [-0.25, -0.2) is 0 Å². The molecule has 0 spiro atoms. The zero-order chi connectivity index (χ0) is 20.0. The zero-order valence-electron chi connectivity index (χ0n) is 15.5. The summed E-state index contributed by atoms with van der Waals surface area (Å²) in [5.74, 6) is 0.297. The minimum atomic E-state index is -4.41. The van der Waals surface area contributed by atoms with Crippen LogP contribution >= 0.6 is 0 Å². The molecule has 1 N–H and O–H groups in total. The Morgan fingerprint density at radius 1 is 1.21 bits per heavy atom. The molecule has 0 radical (unpaired) electrons. The molecule has 1 unspecified atom stereocenters. The third kappa shape index (κ3) is 6.02. The van der Waals surface area contributed by atoms with E-state index in [2.05, 4.69) is 20.2 Å². The first-order chi connectivity index (χ1) is 13.4. The van der Waals surface area contributed by atoms with E-state index in [1.165, 1.54) is 12.3 Å². The maximum absolute atomic E-state index is 12.6. The maximum Gasteiger partial charge on any atom is 0.433 e. The second-order valence-electron chi connectivity index (χ2n) is 7.13. The predicted molar refractivity (Wildman–Crippen MR) is 98.2 cm³/mol. The van der Waals surface area contributed by atoms with Crippen LogP contribution in [0.25, 0.3) is 0 Å². The van der Waals surface area contributed by atoms with Crippen molar-refractivity contribution in [2.75, 3.05) is 19.6 Å². The largest absolute Gasteiger partial charge is 0.433 e. The third-order valence-corrected chi connectivity index (χ3v) is 4.80. The fourth-order valence-electron chi connectivity index (χ4n) is 3.41. The molecule has 1 atom stereocenters. The number of carbonyl (C=O) groups is 1. The average molecular weight is 392 g/mol. The molecule has 3 rings (SSSR count). The quantitative estimate of drug-likeness (QED) is 0.821. The molecule has 2 aromatic rings. The van der Waals surface area contributed by atoms with Crippen molar-refractivity contribution in [3.05, 3.63) is 59.7 Å². The van der Waals surface area contributed by atoms with Gasteiger partial charge in [0.1, 0.15) is 5.69 Å². The number of aromatic nitrogens is 2. The first kappa shape index (κ1) is 20.3. The highest BCUT2D eigenvalue weighted by molar-refractivity contribution is 5.78.